The van der Waals surface area contributed by atoms with Gasteiger partial charge in [0.15, 0.2) is 0 Å². The summed E-state index contributed by atoms with van der Waals surface area (Å²) in [5.41, 5.74) is 0.179. The molecule has 0 heterocycles. The van der Waals surface area contributed by atoms with Crippen molar-refractivity contribution in [1.82, 2.24) is 0 Å². The Balaban J connectivity index is 1.88. The molecule has 0 saturated heterocycles. The Morgan fingerprint density at radius 2 is 1.11 bits per heavy atom. The van der Waals surface area contributed by atoms with Crippen LogP contribution in [0.5, 0.6) is 11.5 Å². The molecule has 4 nitrogen and oxygen atoms in total. The van der Waals surface area contributed by atoms with Crippen molar-refractivity contribution >= 4 is 5.97 Å². The minimum Gasteiger partial charge on any atom is -0.508 e. The van der Waals surface area contributed by atoms with Crippen LogP contribution in [0.3, 0.4) is 0 Å². The monoisotopic (exact) mass is 378 g/mol. The Hall–Kier alpha value is -1.71. The second kappa shape index (κ2) is 15.4. The number of rotatable bonds is 16. The van der Waals surface area contributed by atoms with Crippen LogP contribution in [0, 0.1) is 0 Å². The van der Waals surface area contributed by atoms with Gasteiger partial charge in [-0.1, -0.05) is 90.4 Å². The molecule has 0 saturated carbocycles. The number of phenols is 2. The molecule has 2 N–H and O–H groups in total. The molecule has 0 bridgehead atoms. The predicted molar refractivity (Wildman–Crippen MR) is 110 cm³/mol. The van der Waals surface area contributed by atoms with Crippen LogP contribution in [0.1, 0.15) is 107 Å². The molecular formula is C23H38O4. The first kappa shape index (κ1) is 23.3. The Morgan fingerprint density at radius 3 is 1.56 bits per heavy atom. The van der Waals surface area contributed by atoms with Gasteiger partial charge < -0.3 is 14.9 Å². The molecule has 1 aromatic rings. The lowest BCUT2D eigenvalue weighted by molar-refractivity contribution is 0.0496. The zero-order valence-corrected chi connectivity index (χ0v) is 17.0. The molecule has 0 atom stereocenters. The van der Waals surface area contributed by atoms with E-state index in [1.165, 1.54) is 95.2 Å². The molecule has 154 valence electrons. The van der Waals surface area contributed by atoms with Gasteiger partial charge in [-0.25, -0.2) is 4.79 Å². The number of ether oxygens (including phenoxy) is 1. The van der Waals surface area contributed by atoms with Gasteiger partial charge in [-0.15, -0.1) is 0 Å². The third kappa shape index (κ3) is 12.3. The fraction of sp³-hybridized carbons (Fsp3) is 0.696. The second-order valence-corrected chi connectivity index (χ2v) is 7.47. The zero-order chi connectivity index (χ0) is 19.7. The van der Waals surface area contributed by atoms with Crippen molar-refractivity contribution in [3.8, 4) is 11.5 Å². The summed E-state index contributed by atoms with van der Waals surface area (Å²) in [6, 6.07) is 3.78. The fourth-order valence-electron chi connectivity index (χ4n) is 3.26. The Bertz CT molecular complexity index is 493. The SMILES string of the molecule is CCCCCCCCCCCCCCCCOC(=O)c1cc(O)cc(O)c1. The number of unbranched alkanes of at least 4 members (excludes halogenated alkanes) is 13. The van der Waals surface area contributed by atoms with Crippen LogP contribution in [0.25, 0.3) is 0 Å². The molecule has 0 amide bonds. The Labute approximate surface area is 164 Å². The maximum atomic E-state index is 11.8. The average Bonchev–Trinajstić information content (AvgIpc) is 2.64. The summed E-state index contributed by atoms with van der Waals surface area (Å²) < 4.78 is 5.18. The van der Waals surface area contributed by atoms with Gasteiger partial charge >= 0.3 is 5.97 Å². The third-order valence-electron chi connectivity index (χ3n) is 4.87. The van der Waals surface area contributed by atoms with E-state index in [1.807, 2.05) is 0 Å². The first-order valence-electron chi connectivity index (χ1n) is 10.8. The molecule has 0 unspecified atom stereocenters. The topological polar surface area (TPSA) is 66.8 Å². The lowest BCUT2D eigenvalue weighted by atomic mass is 10.0. The number of esters is 1. The number of carbonyl (C=O) groups excluding carboxylic acids is 1. The number of benzene rings is 1. The molecule has 0 aliphatic heterocycles. The highest BCUT2D eigenvalue weighted by Crippen LogP contribution is 2.21. The van der Waals surface area contributed by atoms with Gasteiger partial charge in [0, 0.05) is 6.07 Å². The van der Waals surface area contributed by atoms with Crippen LogP contribution in [0.4, 0.5) is 0 Å². The molecule has 4 heteroatoms. The van der Waals surface area contributed by atoms with Gasteiger partial charge in [-0.2, -0.15) is 0 Å². The molecule has 0 radical (unpaired) electrons. The lowest BCUT2D eigenvalue weighted by Gasteiger charge is -2.06. The van der Waals surface area contributed by atoms with Crippen molar-refractivity contribution < 1.29 is 19.7 Å². The average molecular weight is 379 g/mol. The standard InChI is InChI=1S/C23H38O4/c1-2-3-4-5-6-7-8-9-10-11-12-13-14-15-16-27-23(26)20-17-21(24)19-22(25)18-20/h17-19,24-25H,2-16H2,1H3. The second-order valence-electron chi connectivity index (χ2n) is 7.47. The zero-order valence-electron chi connectivity index (χ0n) is 17.0. The number of hydrogen-bond acceptors (Lipinski definition) is 4. The van der Waals surface area contributed by atoms with Gasteiger partial charge in [0.1, 0.15) is 11.5 Å². The summed E-state index contributed by atoms with van der Waals surface area (Å²) in [4.78, 5) is 11.8. The third-order valence-corrected chi connectivity index (χ3v) is 4.87. The van der Waals surface area contributed by atoms with Gasteiger partial charge in [-0.3, -0.25) is 0 Å². The van der Waals surface area contributed by atoms with E-state index in [2.05, 4.69) is 6.92 Å². The number of phenolic OH excluding ortho intramolecular Hbond substituents is 2. The van der Waals surface area contributed by atoms with E-state index < -0.39 is 5.97 Å². The smallest absolute Gasteiger partial charge is 0.338 e. The molecule has 0 aliphatic carbocycles. The summed E-state index contributed by atoms with van der Waals surface area (Å²) in [6.07, 6.45) is 18.1. The first-order chi connectivity index (χ1) is 13.1. The highest BCUT2D eigenvalue weighted by molar-refractivity contribution is 5.90. The van der Waals surface area contributed by atoms with Crippen LogP contribution < -0.4 is 0 Å². The van der Waals surface area contributed by atoms with E-state index in [0.29, 0.717) is 6.61 Å². The highest BCUT2D eigenvalue weighted by Gasteiger charge is 2.09. The van der Waals surface area contributed by atoms with E-state index in [-0.39, 0.29) is 17.1 Å². The lowest BCUT2D eigenvalue weighted by Crippen LogP contribution is -2.06. The maximum Gasteiger partial charge on any atom is 0.338 e. The minimum absolute atomic E-state index is 0.140. The predicted octanol–water partition coefficient (Wildman–Crippen LogP) is 6.74. The molecule has 0 fully saturated rings. The molecular weight excluding hydrogens is 340 g/mol. The molecule has 1 aromatic carbocycles. The van der Waals surface area contributed by atoms with E-state index in [4.69, 9.17) is 4.74 Å². The van der Waals surface area contributed by atoms with Crippen molar-refractivity contribution in [1.29, 1.82) is 0 Å². The van der Waals surface area contributed by atoms with Crippen LogP contribution in [0.2, 0.25) is 0 Å². The van der Waals surface area contributed by atoms with Crippen LogP contribution >= 0.6 is 0 Å². The number of hydrogen-bond donors (Lipinski definition) is 2. The van der Waals surface area contributed by atoms with Gasteiger partial charge in [-0.05, 0) is 18.6 Å². The van der Waals surface area contributed by atoms with E-state index in [9.17, 15) is 15.0 Å². The van der Waals surface area contributed by atoms with Crippen molar-refractivity contribution in [3.05, 3.63) is 23.8 Å². The Morgan fingerprint density at radius 1 is 0.704 bits per heavy atom. The summed E-state index contributed by atoms with van der Waals surface area (Å²) in [5, 5.41) is 18.8. The van der Waals surface area contributed by atoms with Crippen molar-refractivity contribution in [3.63, 3.8) is 0 Å². The van der Waals surface area contributed by atoms with E-state index in [1.54, 1.807) is 0 Å². The molecule has 0 spiro atoms. The normalized spacial score (nSPS) is 10.9. The van der Waals surface area contributed by atoms with Crippen LogP contribution in [0.15, 0.2) is 18.2 Å². The summed E-state index contributed by atoms with van der Waals surface area (Å²) in [7, 11) is 0. The largest absolute Gasteiger partial charge is 0.508 e. The maximum absolute atomic E-state index is 11.8. The van der Waals surface area contributed by atoms with Crippen molar-refractivity contribution in [2.75, 3.05) is 6.61 Å². The summed E-state index contributed by atoms with van der Waals surface area (Å²) in [6.45, 7) is 2.64. The Kier molecular flexibility index (Phi) is 13.3. The van der Waals surface area contributed by atoms with E-state index >= 15 is 0 Å². The number of aromatic hydroxyl groups is 2. The highest BCUT2D eigenvalue weighted by atomic mass is 16.5. The molecule has 0 aromatic heterocycles. The van der Waals surface area contributed by atoms with Gasteiger partial charge in [0.05, 0.1) is 12.2 Å². The quantitative estimate of drug-likeness (QED) is 0.247. The molecule has 0 aliphatic rings. The van der Waals surface area contributed by atoms with Crippen LogP contribution in [-0.2, 0) is 4.74 Å². The van der Waals surface area contributed by atoms with Gasteiger partial charge in [0.25, 0.3) is 0 Å². The number of carbonyl (C=O) groups is 1. The van der Waals surface area contributed by atoms with Crippen molar-refractivity contribution in [2.24, 2.45) is 0 Å². The molecule has 27 heavy (non-hydrogen) atoms. The van der Waals surface area contributed by atoms with E-state index in [0.717, 1.165) is 12.8 Å². The van der Waals surface area contributed by atoms with Gasteiger partial charge in [0.2, 0.25) is 0 Å². The minimum atomic E-state index is -0.504. The molecule has 1 rings (SSSR count). The van der Waals surface area contributed by atoms with Crippen molar-refractivity contribution in [2.45, 2.75) is 96.8 Å². The van der Waals surface area contributed by atoms with Crippen LogP contribution in [-0.4, -0.2) is 22.8 Å². The summed E-state index contributed by atoms with van der Waals surface area (Å²) >= 11 is 0. The fourth-order valence-corrected chi connectivity index (χ4v) is 3.26. The first-order valence-corrected chi connectivity index (χ1v) is 10.8. The summed E-state index contributed by atoms with van der Waals surface area (Å²) in [5.74, 6) is -0.784.